The molecule has 0 saturated heterocycles. The van der Waals surface area contributed by atoms with Crippen LogP contribution >= 0.6 is 11.6 Å². The Hall–Kier alpha value is -2.63. The summed E-state index contributed by atoms with van der Waals surface area (Å²) in [5, 5.41) is 1.58. The fraction of sp³-hybridized carbons (Fsp3) is 0.130. The van der Waals surface area contributed by atoms with Crippen molar-refractivity contribution in [1.29, 1.82) is 0 Å². The van der Waals surface area contributed by atoms with Crippen molar-refractivity contribution in [3.63, 3.8) is 0 Å². The second-order valence-electron chi connectivity index (χ2n) is 7.19. The van der Waals surface area contributed by atoms with Gasteiger partial charge in [-0.15, -0.1) is 0 Å². The third-order valence-corrected chi connectivity index (χ3v) is 6.06. The Morgan fingerprint density at radius 2 is 1.59 bits per heavy atom. The average molecular weight is 428 g/mol. The number of aromatic nitrogens is 1. The van der Waals surface area contributed by atoms with Crippen molar-refractivity contribution in [2.45, 2.75) is 11.7 Å². The van der Waals surface area contributed by atoms with E-state index < -0.39 is 9.84 Å². The molecule has 1 aromatic heterocycles. The Kier molecular flexibility index (Phi) is 5.19. The van der Waals surface area contributed by atoms with Crippen LogP contribution in [0.5, 0.6) is 0 Å². The van der Waals surface area contributed by atoms with Crippen molar-refractivity contribution in [3.8, 4) is 0 Å². The zero-order valence-electron chi connectivity index (χ0n) is 15.7. The van der Waals surface area contributed by atoms with Gasteiger partial charge in [0, 0.05) is 34.3 Å². The molecule has 4 aromatic rings. The Balaban J connectivity index is 1.91. The van der Waals surface area contributed by atoms with E-state index in [9.17, 15) is 12.8 Å². The number of aromatic amines is 1. The van der Waals surface area contributed by atoms with E-state index in [1.807, 2.05) is 48.7 Å². The number of para-hydroxylation sites is 1. The van der Waals surface area contributed by atoms with E-state index in [0.29, 0.717) is 5.02 Å². The molecular formula is C23H19ClFNO2S. The number of rotatable bonds is 5. The standard InChI is InChI=1S/C23H19ClFNO2S/c1-29(27,28)14-17-3-2-4-20-21(13-26-23(17)20)22(15-5-9-18(24)10-6-15)16-7-11-19(25)12-8-16/h2-13,22,26H,14H2,1H3. The van der Waals surface area contributed by atoms with Gasteiger partial charge in [0.05, 0.1) is 5.75 Å². The normalized spacial score (nSPS) is 12.9. The van der Waals surface area contributed by atoms with Crippen molar-refractivity contribution in [2.75, 3.05) is 6.26 Å². The van der Waals surface area contributed by atoms with Crippen LogP contribution in [0.15, 0.2) is 72.9 Å². The van der Waals surface area contributed by atoms with Gasteiger partial charge in [-0.05, 0) is 46.5 Å². The minimum atomic E-state index is -3.17. The number of hydrogen-bond acceptors (Lipinski definition) is 2. The van der Waals surface area contributed by atoms with Gasteiger partial charge in [0.2, 0.25) is 0 Å². The molecule has 6 heteroatoms. The number of halogens is 2. The molecule has 1 heterocycles. The van der Waals surface area contributed by atoms with Crippen LogP contribution in [-0.2, 0) is 15.6 Å². The molecule has 29 heavy (non-hydrogen) atoms. The summed E-state index contributed by atoms with van der Waals surface area (Å²) in [6, 6.07) is 19.7. The minimum Gasteiger partial charge on any atom is -0.361 e. The van der Waals surface area contributed by atoms with Gasteiger partial charge in [0.1, 0.15) is 5.82 Å². The maximum absolute atomic E-state index is 13.5. The fourth-order valence-corrected chi connectivity index (χ4v) is 4.67. The third kappa shape index (κ3) is 4.21. The molecule has 0 spiro atoms. The lowest BCUT2D eigenvalue weighted by Crippen LogP contribution is -2.03. The quantitative estimate of drug-likeness (QED) is 0.445. The lowest BCUT2D eigenvalue weighted by Gasteiger charge is -2.18. The monoisotopic (exact) mass is 427 g/mol. The fourth-order valence-electron chi connectivity index (χ4n) is 3.74. The van der Waals surface area contributed by atoms with E-state index in [4.69, 9.17) is 11.6 Å². The van der Waals surface area contributed by atoms with Crippen molar-refractivity contribution < 1.29 is 12.8 Å². The van der Waals surface area contributed by atoms with Crippen LogP contribution in [0.25, 0.3) is 10.9 Å². The van der Waals surface area contributed by atoms with E-state index in [-0.39, 0.29) is 17.5 Å². The summed E-state index contributed by atoms with van der Waals surface area (Å²) < 4.78 is 37.2. The topological polar surface area (TPSA) is 49.9 Å². The molecule has 0 amide bonds. The highest BCUT2D eigenvalue weighted by Crippen LogP contribution is 2.37. The molecule has 0 aliphatic carbocycles. The summed E-state index contributed by atoms with van der Waals surface area (Å²) in [4.78, 5) is 3.26. The van der Waals surface area contributed by atoms with Gasteiger partial charge in [-0.25, -0.2) is 12.8 Å². The SMILES string of the molecule is CS(=O)(=O)Cc1cccc2c(C(c3ccc(F)cc3)c3ccc(Cl)cc3)c[nH]c12. The summed E-state index contributed by atoms with van der Waals surface area (Å²) >= 11 is 6.07. The van der Waals surface area contributed by atoms with Crippen molar-refractivity contribution in [1.82, 2.24) is 4.98 Å². The van der Waals surface area contributed by atoms with E-state index in [1.54, 1.807) is 12.1 Å². The average Bonchev–Trinajstić information content (AvgIpc) is 3.09. The molecule has 0 bridgehead atoms. The van der Waals surface area contributed by atoms with Gasteiger partial charge in [0.15, 0.2) is 9.84 Å². The van der Waals surface area contributed by atoms with E-state index in [0.717, 1.165) is 33.2 Å². The molecule has 0 aliphatic heterocycles. The highest BCUT2D eigenvalue weighted by Gasteiger charge is 2.22. The molecule has 0 aliphatic rings. The molecule has 0 fully saturated rings. The summed E-state index contributed by atoms with van der Waals surface area (Å²) in [5.74, 6) is -0.486. The number of fused-ring (bicyclic) bond motifs is 1. The Labute approximate surface area is 174 Å². The first-order valence-corrected chi connectivity index (χ1v) is 11.5. The summed E-state index contributed by atoms with van der Waals surface area (Å²) in [6.45, 7) is 0. The van der Waals surface area contributed by atoms with Crippen LogP contribution < -0.4 is 0 Å². The molecule has 1 atom stereocenters. The third-order valence-electron chi connectivity index (χ3n) is 4.97. The summed E-state index contributed by atoms with van der Waals surface area (Å²) in [7, 11) is -3.17. The highest BCUT2D eigenvalue weighted by molar-refractivity contribution is 7.89. The first-order chi connectivity index (χ1) is 13.8. The number of sulfone groups is 1. The maximum atomic E-state index is 13.5. The Morgan fingerprint density at radius 1 is 0.966 bits per heavy atom. The first-order valence-electron chi connectivity index (χ1n) is 9.09. The minimum absolute atomic E-state index is 0.0353. The lowest BCUT2D eigenvalue weighted by atomic mass is 9.85. The van der Waals surface area contributed by atoms with Crippen LogP contribution in [0, 0.1) is 5.82 Å². The Bertz CT molecular complexity index is 1220. The zero-order chi connectivity index (χ0) is 20.6. The van der Waals surface area contributed by atoms with Crippen LogP contribution in [0.4, 0.5) is 4.39 Å². The molecule has 1 unspecified atom stereocenters. The Morgan fingerprint density at radius 3 is 2.21 bits per heavy atom. The van der Waals surface area contributed by atoms with Gasteiger partial charge >= 0.3 is 0 Å². The molecule has 3 nitrogen and oxygen atoms in total. The molecule has 4 rings (SSSR count). The van der Waals surface area contributed by atoms with Gasteiger partial charge in [0.25, 0.3) is 0 Å². The second-order valence-corrected chi connectivity index (χ2v) is 9.77. The summed E-state index contributed by atoms with van der Waals surface area (Å²) in [6.07, 6.45) is 3.13. The van der Waals surface area contributed by atoms with E-state index in [1.165, 1.54) is 18.4 Å². The molecule has 1 N–H and O–H groups in total. The molecule has 148 valence electrons. The van der Waals surface area contributed by atoms with Crippen molar-refractivity contribution in [2.24, 2.45) is 0 Å². The van der Waals surface area contributed by atoms with Crippen LogP contribution in [-0.4, -0.2) is 19.7 Å². The molecule has 0 radical (unpaired) electrons. The maximum Gasteiger partial charge on any atom is 0.151 e. The van der Waals surface area contributed by atoms with Gasteiger partial charge in [-0.2, -0.15) is 0 Å². The summed E-state index contributed by atoms with van der Waals surface area (Å²) in [5.41, 5.74) is 4.46. The predicted molar refractivity (Wildman–Crippen MR) is 116 cm³/mol. The molecule has 3 aromatic carbocycles. The first kappa shape index (κ1) is 19.7. The van der Waals surface area contributed by atoms with Gasteiger partial charge in [-0.3, -0.25) is 0 Å². The number of H-pyrrole nitrogens is 1. The van der Waals surface area contributed by atoms with E-state index >= 15 is 0 Å². The van der Waals surface area contributed by atoms with Crippen molar-refractivity contribution >= 4 is 32.3 Å². The lowest BCUT2D eigenvalue weighted by molar-refractivity contribution is 0.601. The molecule has 0 saturated carbocycles. The number of hydrogen-bond donors (Lipinski definition) is 1. The molecular weight excluding hydrogens is 409 g/mol. The van der Waals surface area contributed by atoms with Gasteiger partial charge in [-0.1, -0.05) is 54.1 Å². The smallest absolute Gasteiger partial charge is 0.151 e. The number of benzene rings is 3. The van der Waals surface area contributed by atoms with Gasteiger partial charge < -0.3 is 4.98 Å². The van der Waals surface area contributed by atoms with Crippen molar-refractivity contribution in [3.05, 3.63) is 106 Å². The highest BCUT2D eigenvalue weighted by atomic mass is 35.5. The van der Waals surface area contributed by atoms with E-state index in [2.05, 4.69) is 4.98 Å². The second kappa shape index (κ2) is 7.65. The zero-order valence-corrected chi connectivity index (χ0v) is 17.3. The van der Waals surface area contributed by atoms with Crippen LogP contribution in [0.1, 0.15) is 28.2 Å². The predicted octanol–water partition coefficient (Wildman–Crippen LogP) is 5.69. The number of nitrogens with one attached hydrogen (secondary N) is 1. The van der Waals surface area contributed by atoms with Crippen LogP contribution in [0.2, 0.25) is 5.02 Å². The van der Waals surface area contributed by atoms with Crippen LogP contribution in [0.3, 0.4) is 0 Å². The largest absolute Gasteiger partial charge is 0.361 e.